The van der Waals surface area contributed by atoms with Crippen LogP contribution in [0.5, 0.6) is 5.75 Å². The number of benzene rings is 3. The van der Waals surface area contributed by atoms with Gasteiger partial charge in [-0.05, 0) is 42.0 Å². The molecule has 4 aromatic rings. The lowest BCUT2D eigenvalue weighted by Gasteiger charge is -2.10. The summed E-state index contributed by atoms with van der Waals surface area (Å²) < 4.78 is 2.06. The molecule has 0 aliphatic rings. The van der Waals surface area contributed by atoms with Crippen LogP contribution in [0.15, 0.2) is 90.1 Å². The predicted octanol–water partition coefficient (Wildman–Crippen LogP) is 4.93. The maximum Gasteiger partial charge on any atom is 0.196 e. The van der Waals surface area contributed by atoms with Gasteiger partial charge in [-0.1, -0.05) is 60.3 Å². The lowest BCUT2D eigenvalue weighted by Crippen LogP contribution is -1.99. The van der Waals surface area contributed by atoms with Gasteiger partial charge in [-0.25, -0.2) is 0 Å². The minimum Gasteiger partial charge on any atom is -0.508 e. The molecule has 0 radical (unpaired) electrons. The molecule has 0 aliphatic carbocycles. The first kappa shape index (κ1) is 16.4. The van der Waals surface area contributed by atoms with Gasteiger partial charge >= 0.3 is 0 Å². The van der Waals surface area contributed by atoms with E-state index in [1.54, 1.807) is 23.9 Å². The molecule has 4 rings (SSSR count). The third kappa shape index (κ3) is 3.48. The molecule has 0 aliphatic heterocycles. The monoisotopic (exact) mass is 359 g/mol. The van der Waals surface area contributed by atoms with Crippen LogP contribution in [-0.4, -0.2) is 19.9 Å². The Balaban J connectivity index is 1.73. The fourth-order valence-electron chi connectivity index (χ4n) is 2.69. The number of rotatable bonds is 5. The second kappa shape index (κ2) is 7.45. The quantitative estimate of drug-likeness (QED) is 0.513. The summed E-state index contributed by atoms with van der Waals surface area (Å²) in [6, 6.07) is 27.4. The highest BCUT2D eigenvalue weighted by Gasteiger charge is 2.16. The lowest BCUT2D eigenvalue weighted by molar-refractivity contribution is 0.475. The number of aromatic nitrogens is 3. The van der Waals surface area contributed by atoms with Gasteiger partial charge in [0.05, 0.1) is 0 Å². The molecule has 0 atom stereocenters. The van der Waals surface area contributed by atoms with Gasteiger partial charge in [-0.3, -0.25) is 4.57 Å². The molecule has 0 fully saturated rings. The molecule has 26 heavy (non-hydrogen) atoms. The number of phenols is 1. The summed E-state index contributed by atoms with van der Waals surface area (Å²) in [4.78, 5) is 0. The largest absolute Gasteiger partial charge is 0.508 e. The topological polar surface area (TPSA) is 50.9 Å². The van der Waals surface area contributed by atoms with Crippen molar-refractivity contribution in [2.45, 2.75) is 10.9 Å². The first-order valence-corrected chi connectivity index (χ1v) is 9.27. The molecule has 0 spiro atoms. The van der Waals surface area contributed by atoms with E-state index in [9.17, 15) is 5.11 Å². The Hall–Kier alpha value is -3.05. The standard InChI is InChI=1S/C21H17N3OS/c25-19-13-11-17(12-14-19)20-22-23-21(24(20)18-9-5-2-6-10-18)26-15-16-7-3-1-4-8-16/h1-14,25H,15H2. The van der Waals surface area contributed by atoms with E-state index in [1.165, 1.54) is 5.56 Å². The SMILES string of the molecule is Oc1ccc(-c2nnc(SCc3ccccc3)n2-c2ccccc2)cc1. The molecule has 1 N–H and O–H groups in total. The van der Waals surface area contributed by atoms with Crippen LogP contribution in [0.1, 0.15) is 5.56 Å². The van der Waals surface area contributed by atoms with E-state index in [4.69, 9.17) is 0 Å². The normalized spacial score (nSPS) is 10.8. The summed E-state index contributed by atoms with van der Waals surface area (Å²) in [6.45, 7) is 0. The number of phenolic OH excluding ortho intramolecular Hbond substituents is 1. The van der Waals surface area contributed by atoms with Gasteiger partial charge in [-0.15, -0.1) is 10.2 Å². The van der Waals surface area contributed by atoms with Crippen LogP contribution in [0, 0.1) is 0 Å². The molecule has 5 heteroatoms. The molecule has 0 unspecified atom stereocenters. The Labute approximate surface area is 156 Å². The molecular weight excluding hydrogens is 342 g/mol. The van der Waals surface area contributed by atoms with Crippen LogP contribution in [0.25, 0.3) is 17.1 Å². The molecule has 0 saturated heterocycles. The fraction of sp³-hybridized carbons (Fsp3) is 0.0476. The second-order valence-corrected chi connectivity index (χ2v) is 6.74. The molecule has 4 nitrogen and oxygen atoms in total. The molecule has 3 aromatic carbocycles. The third-order valence-electron chi connectivity index (χ3n) is 3.98. The Morgan fingerprint density at radius 3 is 2.12 bits per heavy atom. The van der Waals surface area contributed by atoms with Crippen molar-refractivity contribution in [2.75, 3.05) is 0 Å². The van der Waals surface area contributed by atoms with E-state index >= 15 is 0 Å². The summed E-state index contributed by atoms with van der Waals surface area (Å²) in [6.07, 6.45) is 0. The van der Waals surface area contributed by atoms with Crippen LogP contribution in [0.2, 0.25) is 0 Å². The van der Waals surface area contributed by atoms with Crippen LogP contribution >= 0.6 is 11.8 Å². The number of para-hydroxylation sites is 1. The van der Waals surface area contributed by atoms with Gasteiger partial charge in [0.1, 0.15) is 5.75 Å². The maximum atomic E-state index is 9.56. The average Bonchev–Trinajstić information content (AvgIpc) is 3.12. The summed E-state index contributed by atoms with van der Waals surface area (Å²) in [7, 11) is 0. The first-order valence-electron chi connectivity index (χ1n) is 8.28. The van der Waals surface area contributed by atoms with Crippen LogP contribution in [-0.2, 0) is 5.75 Å². The number of hydrogen-bond donors (Lipinski definition) is 1. The van der Waals surface area contributed by atoms with Crippen molar-refractivity contribution in [1.82, 2.24) is 14.8 Å². The number of thioether (sulfide) groups is 1. The first-order chi connectivity index (χ1) is 12.8. The van der Waals surface area contributed by atoms with Crippen molar-refractivity contribution in [3.8, 4) is 22.8 Å². The van der Waals surface area contributed by atoms with Crippen molar-refractivity contribution in [3.05, 3.63) is 90.5 Å². The Bertz CT molecular complexity index is 983. The van der Waals surface area contributed by atoms with Gasteiger partial charge in [0.2, 0.25) is 0 Å². The Morgan fingerprint density at radius 1 is 0.769 bits per heavy atom. The van der Waals surface area contributed by atoms with Crippen molar-refractivity contribution in [3.63, 3.8) is 0 Å². The maximum absolute atomic E-state index is 9.56. The zero-order valence-corrected chi connectivity index (χ0v) is 14.8. The minimum absolute atomic E-state index is 0.234. The summed E-state index contributed by atoms with van der Waals surface area (Å²) in [5.74, 6) is 1.81. The van der Waals surface area contributed by atoms with Gasteiger partial charge in [0, 0.05) is 17.0 Å². The molecule has 0 amide bonds. The minimum atomic E-state index is 0.234. The summed E-state index contributed by atoms with van der Waals surface area (Å²) in [5, 5.41) is 19.2. The van der Waals surface area contributed by atoms with Crippen molar-refractivity contribution < 1.29 is 5.11 Å². The van der Waals surface area contributed by atoms with Crippen LogP contribution in [0.3, 0.4) is 0 Å². The lowest BCUT2D eigenvalue weighted by atomic mass is 10.2. The van der Waals surface area contributed by atoms with E-state index in [0.29, 0.717) is 0 Å². The smallest absolute Gasteiger partial charge is 0.196 e. The van der Waals surface area contributed by atoms with E-state index in [0.717, 1.165) is 28.0 Å². The van der Waals surface area contributed by atoms with E-state index < -0.39 is 0 Å². The number of aromatic hydroxyl groups is 1. The zero-order chi connectivity index (χ0) is 17.8. The van der Waals surface area contributed by atoms with E-state index in [1.807, 2.05) is 60.7 Å². The highest BCUT2D eigenvalue weighted by Crippen LogP contribution is 2.30. The van der Waals surface area contributed by atoms with E-state index in [2.05, 4.69) is 26.9 Å². The van der Waals surface area contributed by atoms with Gasteiger partial charge in [-0.2, -0.15) is 0 Å². The molecular formula is C21H17N3OS. The average molecular weight is 359 g/mol. The highest BCUT2D eigenvalue weighted by molar-refractivity contribution is 7.98. The van der Waals surface area contributed by atoms with Crippen LogP contribution < -0.4 is 0 Å². The number of hydrogen-bond acceptors (Lipinski definition) is 4. The third-order valence-corrected chi connectivity index (χ3v) is 4.98. The van der Waals surface area contributed by atoms with E-state index in [-0.39, 0.29) is 5.75 Å². The van der Waals surface area contributed by atoms with Crippen molar-refractivity contribution in [2.24, 2.45) is 0 Å². The molecule has 1 heterocycles. The Morgan fingerprint density at radius 2 is 1.42 bits per heavy atom. The second-order valence-electron chi connectivity index (χ2n) is 5.80. The Kier molecular flexibility index (Phi) is 4.71. The fourth-order valence-corrected chi connectivity index (χ4v) is 3.60. The number of nitrogens with zero attached hydrogens (tertiary/aromatic N) is 3. The molecule has 0 bridgehead atoms. The molecule has 1 aromatic heterocycles. The van der Waals surface area contributed by atoms with Gasteiger partial charge in [0.15, 0.2) is 11.0 Å². The van der Waals surface area contributed by atoms with Gasteiger partial charge in [0.25, 0.3) is 0 Å². The van der Waals surface area contributed by atoms with Crippen molar-refractivity contribution >= 4 is 11.8 Å². The summed E-state index contributed by atoms with van der Waals surface area (Å²) >= 11 is 1.65. The van der Waals surface area contributed by atoms with Gasteiger partial charge < -0.3 is 5.11 Å². The highest BCUT2D eigenvalue weighted by atomic mass is 32.2. The molecule has 128 valence electrons. The van der Waals surface area contributed by atoms with Crippen LogP contribution in [0.4, 0.5) is 0 Å². The zero-order valence-electron chi connectivity index (χ0n) is 14.0. The predicted molar refractivity (Wildman–Crippen MR) is 104 cm³/mol. The van der Waals surface area contributed by atoms with Crippen molar-refractivity contribution in [1.29, 1.82) is 0 Å². The summed E-state index contributed by atoms with van der Waals surface area (Å²) in [5.41, 5.74) is 3.16. The molecule has 0 saturated carbocycles.